The van der Waals surface area contributed by atoms with E-state index >= 15 is 0 Å². The van der Waals surface area contributed by atoms with E-state index in [-0.39, 0.29) is 31.6 Å². The van der Waals surface area contributed by atoms with E-state index in [0.29, 0.717) is 5.56 Å². The minimum Gasteiger partial charge on any atom is -0.480 e. The molecule has 0 heterocycles. The maximum Gasteiger partial charge on any atom is 0.326 e. The Morgan fingerprint density at radius 1 is 0.886 bits per heavy atom. The highest BCUT2D eigenvalue weighted by Gasteiger charge is 2.30. The molecule has 0 fully saturated rings. The highest BCUT2D eigenvalue weighted by Crippen LogP contribution is 2.08. The van der Waals surface area contributed by atoms with E-state index in [4.69, 9.17) is 16.6 Å². The molecule has 0 saturated heterocycles. The van der Waals surface area contributed by atoms with Crippen LogP contribution >= 0.6 is 0 Å². The molecule has 1 aromatic carbocycles. The molecular weight excluding hydrogens is 458 g/mol. The van der Waals surface area contributed by atoms with Crippen molar-refractivity contribution >= 4 is 29.6 Å². The number of primary amides is 1. The first-order chi connectivity index (χ1) is 16.4. The van der Waals surface area contributed by atoms with E-state index in [9.17, 15) is 29.1 Å². The van der Waals surface area contributed by atoms with E-state index in [0.717, 1.165) is 0 Å². The van der Waals surface area contributed by atoms with E-state index in [2.05, 4.69) is 16.0 Å². The van der Waals surface area contributed by atoms with Crippen LogP contribution in [-0.4, -0.2) is 70.6 Å². The highest BCUT2D eigenvalue weighted by atomic mass is 16.4. The Morgan fingerprint density at radius 3 is 1.94 bits per heavy atom. The van der Waals surface area contributed by atoms with Crippen molar-refractivity contribution in [2.75, 3.05) is 6.61 Å². The van der Waals surface area contributed by atoms with Crippen LogP contribution < -0.4 is 27.4 Å². The smallest absolute Gasteiger partial charge is 0.326 e. The molecule has 1 aromatic rings. The highest BCUT2D eigenvalue weighted by molar-refractivity contribution is 5.94. The third kappa shape index (κ3) is 11.0. The number of amides is 4. The Hall–Kier alpha value is -3.51. The molecule has 0 saturated carbocycles. The average molecular weight is 494 g/mol. The van der Waals surface area contributed by atoms with Crippen molar-refractivity contribution in [1.82, 2.24) is 16.0 Å². The number of aliphatic hydroxyl groups excluding tert-OH is 1. The molecule has 194 valence electrons. The van der Waals surface area contributed by atoms with Crippen molar-refractivity contribution in [3.05, 3.63) is 35.9 Å². The Bertz CT molecular complexity index is 878. The molecule has 0 aromatic heterocycles. The molecule has 1 rings (SSSR count). The second-order valence-corrected chi connectivity index (χ2v) is 8.64. The van der Waals surface area contributed by atoms with Gasteiger partial charge < -0.3 is 37.6 Å². The predicted octanol–water partition coefficient (Wildman–Crippen LogP) is -1.60. The Balaban J connectivity index is 3.10. The summed E-state index contributed by atoms with van der Waals surface area (Å²) in [6.07, 6.45) is -0.219. The predicted molar refractivity (Wildman–Crippen MR) is 127 cm³/mol. The number of nitrogens with two attached hydrogens (primary N) is 2. The van der Waals surface area contributed by atoms with E-state index in [1.165, 1.54) is 0 Å². The summed E-state index contributed by atoms with van der Waals surface area (Å²) in [6.45, 7) is 2.95. The summed E-state index contributed by atoms with van der Waals surface area (Å²) in [5.41, 5.74) is 11.4. The fourth-order valence-corrected chi connectivity index (χ4v) is 3.21. The van der Waals surface area contributed by atoms with Crippen LogP contribution in [-0.2, 0) is 30.4 Å². The molecule has 12 heteroatoms. The Morgan fingerprint density at radius 2 is 1.43 bits per heavy atom. The van der Waals surface area contributed by atoms with Crippen LogP contribution in [0.2, 0.25) is 0 Å². The lowest BCUT2D eigenvalue weighted by Crippen LogP contribution is -2.58. The zero-order valence-electron chi connectivity index (χ0n) is 19.9. The molecule has 35 heavy (non-hydrogen) atoms. The number of hydrogen-bond donors (Lipinski definition) is 7. The number of carbonyl (C=O) groups is 5. The fourth-order valence-electron chi connectivity index (χ4n) is 3.21. The Kier molecular flexibility index (Phi) is 12.4. The number of hydrogen-bond acceptors (Lipinski definition) is 7. The van der Waals surface area contributed by atoms with E-state index in [1.807, 2.05) is 0 Å². The topological polar surface area (TPSA) is 214 Å². The van der Waals surface area contributed by atoms with Gasteiger partial charge in [-0.25, -0.2) is 4.79 Å². The molecule has 0 radical (unpaired) electrons. The van der Waals surface area contributed by atoms with Gasteiger partial charge in [-0.15, -0.1) is 0 Å². The monoisotopic (exact) mass is 493 g/mol. The lowest BCUT2D eigenvalue weighted by Gasteiger charge is -2.25. The van der Waals surface area contributed by atoms with Crippen LogP contribution in [0.15, 0.2) is 30.3 Å². The summed E-state index contributed by atoms with van der Waals surface area (Å²) < 4.78 is 0. The molecule has 12 nitrogen and oxygen atoms in total. The van der Waals surface area contributed by atoms with Gasteiger partial charge in [-0.1, -0.05) is 44.2 Å². The third-order valence-electron chi connectivity index (χ3n) is 5.08. The number of aliphatic carboxylic acids is 1. The van der Waals surface area contributed by atoms with Gasteiger partial charge >= 0.3 is 5.97 Å². The molecule has 0 bridgehead atoms. The summed E-state index contributed by atoms with van der Waals surface area (Å²) in [6, 6.07) is 3.82. The van der Waals surface area contributed by atoms with E-state index < -0.39 is 60.4 Å². The van der Waals surface area contributed by atoms with Gasteiger partial charge in [-0.3, -0.25) is 19.2 Å². The molecule has 9 N–H and O–H groups in total. The largest absolute Gasteiger partial charge is 0.480 e. The molecule has 4 atom stereocenters. The summed E-state index contributed by atoms with van der Waals surface area (Å²) in [5.74, 6) is -4.31. The number of rotatable bonds is 15. The van der Waals surface area contributed by atoms with Gasteiger partial charge in [0.1, 0.15) is 24.2 Å². The van der Waals surface area contributed by atoms with Crippen LogP contribution in [0.4, 0.5) is 0 Å². The van der Waals surface area contributed by atoms with Crippen LogP contribution in [0, 0.1) is 5.92 Å². The van der Waals surface area contributed by atoms with Gasteiger partial charge in [0.05, 0.1) is 6.61 Å². The van der Waals surface area contributed by atoms with Crippen LogP contribution in [0.1, 0.15) is 38.7 Å². The summed E-state index contributed by atoms with van der Waals surface area (Å²) in [5, 5.41) is 25.9. The average Bonchev–Trinajstić information content (AvgIpc) is 2.80. The summed E-state index contributed by atoms with van der Waals surface area (Å²) >= 11 is 0. The maximum atomic E-state index is 13.1. The van der Waals surface area contributed by atoms with Crippen molar-refractivity contribution < 1.29 is 34.2 Å². The van der Waals surface area contributed by atoms with Crippen LogP contribution in [0.5, 0.6) is 0 Å². The van der Waals surface area contributed by atoms with E-state index in [1.54, 1.807) is 44.2 Å². The fraction of sp³-hybridized carbons (Fsp3) is 0.522. The maximum absolute atomic E-state index is 13.1. The second-order valence-electron chi connectivity index (χ2n) is 8.64. The Labute approximate surface area is 203 Å². The number of carboxylic acids is 1. The van der Waals surface area contributed by atoms with Crippen molar-refractivity contribution in [2.24, 2.45) is 17.4 Å². The zero-order valence-corrected chi connectivity index (χ0v) is 19.9. The van der Waals surface area contributed by atoms with Gasteiger partial charge in [-0.2, -0.15) is 0 Å². The molecule has 4 amide bonds. The van der Waals surface area contributed by atoms with Gasteiger partial charge in [-0.05, 0) is 24.3 Å². The number of aliphatic hydroxyl groups is 1. The molecule has 0 aliphatic rings. The molecule has 0 spiro atoms. The normalized spacial score (nSPS) is 14.3. The molecule has 0 aliphatic carbocycles. The molecule has 0 aliphatic heterocycles. The van der Waals surface area contributed by atoms with Gasteiger partial charge in [0.15, 0.2) is 0 Å². The van der Waals surface area contributed by atoms with Crippen molar-refractivity contribution in [3.63, 3.8) is 0 Å². The lowest BCUT2D eigenvalue weighted by atomic mass is 10.0. The molecular formula is C23H35N5O7. The standard InChI is InChI=1S/C23H35N5O7/c1-13(2)10-18(23(34)35)28-21(32)16(8-9-19(25)30)26-22(33)17(27-20(31)15(24)12-29)11-14-6-4-3-5-7-14/h3-7,13,15-18,29H,8-12,24H2,1-2H3,(H2,25,30)(H,26,33)(H,27,31)(H,28,32)(H,34,35). The minimum atomic E-state index is -1.29. The molecule has 4 unspecified atom stereocenters. The minimum absolute atomic E-state index is 0.0312. The first-order valence-electron chi connectivity index (χ1n) is 11.3. The summed E-state index contributed by atoms with van der Waals surface area (Å²) in [4.78, 5) is 61.1. The lowest BCUT2D eigenvalue weighted by molar-refractivity contribution is -0.143. The number of nitrogens with one attached hydrogen (secondary N) is 3. The SMILES string of the molecule is CC(C)CC(NC(=O)C(CCC(N)=O)NC(=O)C(Cc1ccccc1)NC(=O)C(N)CO)C(=O)O. The first kappa shape index (κ1) is 29.5. The quantitative estimate of drug-likeness (QED) is 0.151. The second kappa shape index (κ2) is 14.7. The van der Waals surface area contributed by atoms with Crippen molar-refractivity contribution in [3.8, 4) is 0 Å². The summed E-state index contributed by atoms with van der Waals surface area (Å²) in [7, 11) is 0. The number of benzene rings is 1. The van der Waals surface area contributed by atoms with Gasteiger partial charge in [0.2, 0.25) is 23.6 Å². The van der Waals surface area contributed by atoms with Gasteiger partial charge in [0.25, 0.3) is 0 Å². The third-order valence-corrected chi connectivity index (χ3v) is 5.08. The van der Waals surface area contributed by atoms with Crippen LogP contribution in [0.3, 0.4) is 0 Å². The van der Waals surface area contributed by atoms with Crippen molar-refractivity contribution in [2.45, 2.75) is 63.7 Å². The van der Waals surface area contributed by atoms with Crippen molar-refractivity contribution in [1.29, 1.82) is 0 Å². The number of carbonyl (C=O) groups excluding carboxylic acids is 4. The number of carboxylic acid groups (broad SMARTS) is 1. The van der Waals surface area contributed by atoms with Gasteiger partial charge in [0, 0.05) is 12.8 Å². The zero-order chi connectivity index (χ0) is 26.5. The first-order valence-corrected chi connectivity index (χ1v) is 11.3. The van der Waals surface area contributed by atoms with Crippen LogP contribution in [0.25, 0.3) is 0 Å².